The normalized spacial score (nSPS) is 17.6. The highest BCUT2D eigenvalue weighted by Gasteiger charge is 2.29. The molecule has 0 spiro atoms. The van der Waals surface area contributed by atoms with Crippen molar-refractivity contribution in [3.8, 4) is 5.75 Å². The number of aliphatic hydroxyl groups excluding tert-OH is 1. The molecule has 0 radical (unpaired) electrons. The highest BCUT2D eigenvalue weighted by atomic mass is 19.1. The van der Waals surface area contributed by atoms with E-state index in [0.29, 0.717) is 12.3 Å². The van der Waals surface area contributed by atoms with Crippen LogP contribution in [0.5, 0.6) is 5.75 Å². The van der Waals surface area contributed by atoms with E-state index in [2.05, 4.69) is 0 Å². The summed E-state index contributed by atoms with van der Waals surface area (Å²) in [6, 6.07) is 14.8. The van der Waals surface area contributed by atoms with Crippen molar-refractivity contribution in [1.29, 1.82) is 0 Å². The molecular formula is C20H21FN2O4. The van der Waals surface area contributed by atoms with Gasteiger partial charge in [0.2, 0.25) is 5.91 Å². The van der Waals surface area contributed by atoms with Crippen molar-refractivity contribution in [3.05, 3.63) is 66.0 Å². The standard InChI is InChI=1S/C20H21FN2O4/c21-16-6-8-18(9-7-16)27-14-20(26)23-12-17(24)11-22(19(25)13-23)10-15-4-2-1-3-5-15/h1-9,17,24H,10-14H2. The van der Waals surface area contributed by atoms with E-state index in [1.807, 2.05) is 30.3 Å². The first kappa shape index (κ1) is 18.8. The largest absolute Gasteiger partial charge is 0.484 e. The Morgan fingerprint density at radius 3 is 2.52 bits per heavy atom. The molecule has 1 saturated heterocycles. The number of benzene rings is 2. The van der Waals surface area contributed by atoms with Crippen LogP contribution in [0.25, 0.3) is 0 Å². The summed E-state index contributed by atoms with van der Waals surface area (Å²) < 4.78 is 18.2. The molecule has 27 heavy (non-hydrogen) atoms. The third-order valence-corrected chi connectivity index (χ3v) is 4.29. The summed E-state index contributed by atoms with van der Waals surface area (Å²) >= 11 is 0. The summed E-state index contributed by atoms with van der Waals surface area (Å²) in [6.45, 7) is 0.198. The number of hydrogen-bond donors (Lipinski definition) is 1. The van der Waals surface area contributed by atoms with Crippen molar-refractivity contribution in [1.82, 2.24) is 9.80 Å². The fraction of sp³-hybridized carbons (Fsp3) is 0.300. The number of aliphatic hydroxyl groups is 1. The summed E-state index contributed by atoms with van der Waals surface area (Å²) in [6.07, 6.45) is -0.838. The van der Waals surface area contributed by atoms with Crippen LogP contribution in [0.3, 0.4) is 0 Å². The molecule has 1 aliphatic heterocycles. The van der Waals surface area contributed by atoms with Gasteiger partial charge in [-0.15, -0.1) is 0 Å². The van der Waals surface area contributed by atoms with Gasteiger partial charge in [0, 0.05) is 19.6 Å². The van der Waals surface area contributed by atoms with E-state index in [-0.39, 0.29) is 32.1 Å². The van der Waals surface area contributed by atoms with Crippen LogP contribution >= 0.6 is 0 Å². The lowest BCUT2D eigenvalue weighted by Crippen LogP contribution is -2.41. The van der Waals surface area contributed by atoms with Gasteiger partial charge in [-0.1, -0.05) is 30.3 Å². The van der Waals surface area contributed by atoms with Gasteiger partial charge in [0.15, 0.2) is 6.61 Å². The van der Waals surface area contributed by atoms with Gasteiger partial charge in [0.05, 0.1) is 12.6 Å². The molecule has 6 nitrogen and oxygen atoms in total. The Bertz CT molecular complexity index is 782. The number of nitrogens with zero attached hydrogens (tertiary/aromatic N) is 2. The minimum atomic E-state index is -0.838. The molecule has 2 aromatic carbocycles. The lowest BCUT2D eigenvalue weighted by atomic mass is 10.2. The molecule has 0 aromatic heterocycles. The van der Waals surface area contributed by atoms with E-state index >= 15 is 0 Å². The molecular weight excluding hydrogens is 351 g/mol. The number of ether oxygens (including phenoxy) is 1. The lowest BCUT2D eigenvalue weighted by Gasteiger charge is -2.22. The fourth-order valence-corrected chi connectivity index (χ4v) is 2.91. The molecule has 1 atom stereocenters. The first-order valence-electron chi connectivity index (χ1n) is 8.67. The summed E-state index contributed by atoms with van der Waals surface area (Å²) in [4.78, 5) is 27.8. The van der Waals surface area contributed by atoms with Crippen LogP contribution in [0.4, 0.5) is 4.39 Å². The Morgan fingerprint density at radius 2 is 1.81 bits per heavy atom. The van der Waals surface area contributed by atoms with Crippen LogP contribution in [-0.4, -0.2) is 59.1 Å². The second-order valence-corrected chi connectivity index (χ2v) is 6.43. The molecule has 2 aromatic rings. The van der Waals surface area contributed by atoms with E-state index in [0.717, 1.165) is 5.56 Å². The lowest BCUT2D eigenvalue weighted by molar-refractivity contribution is -0.140. The molecule has 1 aliphatic rings. The van der Waals surface area contributed by atoms with Crippen LogP contribution in [0.1, 0.15) is 5.56 Å². The third-order valence-electron chi connectivity index (χ3n) is 4.29. The van der Waals surface area contributed by atoms with Gasteiger partial charge < -0.3 is 19.6 Å². The first-order chi connectivity index (χ1) is 13.0. The second kappa shape index (κ2) is 8.64. The molecule has 1 heterocycles. The molecule has 7 heteroatoms. The molecule has 2 amide bonds. The minimum Gasteiger partial charge on any atom is -0.484 e. The average Bonchev–Trinajstić information content (AvgIpc) is 2.80. The Morgan fingerprint density at radius 1 is 1.11 bits per heavy atom. The molecule has 0 bridgehead atoms. The van der Waals surface area contributed by atoms with Crippen molar-refractivity contribution in [3.63, 3.8) is 0 Å². The predicted octanol–water partition coefficient (Wildman–Crippen LogP) is 1.44. The number of carbonyl (C=O) groups is 2. The van der Waals surface area contributed by atoms with Crippen LogP contribution in [-0.2, 0) is 16.1 Å². The maximum atomic E-state index is 12.9. The van der Waals surface area contributed by atoms with E-state index < -0.39 is 17.8 Å². The Balaban J connectivity index is 1.59. The monoisotopic (exact) mass is 372 g/mol. The van der Waals surface area contributed by atoms with Gasteiger partial charge in [-0.25, -0.2) is 4.39 Å². The van der Waals surface area contributed by atoms with E-state index in [1.165, 1.54) is 29.2 Å². The number of β-amino-alcohol motifs (C(OH)–C–C–N with tert-alkyl or cyclic N) is 1. The molecule has 0 aliphatic carbocycles. The quantitative estimate of drug-likeness (QED) is 0.862. The maximum Gasteiger partial charge on any atom is 0.261 e. The van der Waals surface area contributed by atoms with Crippen molar-refractivity contribution >= 4 is 11.8 Å². The Labute approximate surface area is 156 Å². The zero-order valence-electron chi connectivity index (χ0n) is 14.8. The molecule has 3 rings (SSSR count). The average molecular weight is 372 g/mol. The highest BCUT2D eigenvalue weighted by Crippen LogP contribution is 2.13. The first-order valence-corrected chi connectivity index (χ1v) is 8.67. The smallest absolute Gasteiger partial charge is 0.261 e. The van der Waals surface area contributed by atoms with Gasteiger partial charge in [0.1, 0.15) is 11.6 Å². The van der Waals surface area contributed by atoms with Crippen LogP contribution in [0, 0.1) is 5.82 Å². The van der Waals surface area contributed by atoms with Crippen molar-refractivity contribution < 1.29 is 23.8 Å². The van der Waals surface area contributed by atoms with Gasteiger partial charge >= 0.3 is 0 Å². The fourth-order valence-electron chi connectivity index (χ4n) is 2.91. The number of carbonyl (C=O) groups excluding carboxylic acids is 2. The molecule has 1 unspecified atom stereocenters. The van der Waals surface area contributed by atoms with Crippen molar-refractivity contribution in [2.45, 2.75) is 12.6 Å². The predicted molar refractivity (Wildman–Crippen MR) is 96.3 cm³/mol. The van der Waals surface area contributed by atoms with Crippen LogP contribution < -0.4 is 4.74 Å². The van der Waals surface area contributed by atoms with E-state index in [4.69, 9.17) is 4.74 Å². The molecule has 142 valence electrons. The van der Waals surface area contributed by atoms with E-state index in [9.17, 15) is 19.1 Å². The Kier molecular flexibility index (Phi) is 6.03. The molecule has 1 N–H and O–H groups in total. The number of rotatable bonds is 5. The SMILES string of the molecule is O=C(COc1ccc(F)cc1)N1CC(=O)N(Cc2ccccc2)CC(O)C1. The van der Waals surface area contributed by atoms with Crippen molar-refractivity contribution in [2.24, 2.45) is 0 Å². The maximum absolute atomic E-state index is 12.9. The topological polar surface area (TPSA) is 70.1 Å². The molecule has 1 fully saturated rings. The summed E-state index contributed by atoms with van der Waals surface area (Å²) in [7, 11) is 0. The van der Waals surface area contributed by atoms with Gasteiger partial charge in [-0.2, -0.15) is 0 Å². The summed E-state index contributed by atoms with van der Waals surface area (Å²) in [5.74, 6) is -0.676. The summed E-state index contributed by atoms with van der Waals surface area (Å²) in [5.41, 5.74) is 0.956. The van der Waals surface area contributed by atoms with Gasteiger partial charge in [-0.3, -0.25) is 9.59 Å². The molecule has 0 saturated carbocycles. The number of amides is 2. The zero-order valence-corrected chi connectivity index (χ0v) is 14.8. The van der Waals surface area contributed by atoms with Gasteiger partial charge in [0.25, 0.3) is 5.91 Å². The second-order valence-electron chi connectivity index (χ2n) is 6.43. The van der Waals surface area contributed by atoms with Crippen LogP contribution in [0.2, 0.25) is 0 Å². The zero-order chi connectivity index (χ0) is 19.2. The number of halogens is 1. The highest BCUT2D eigenvalue weighted by molar-refractivity contribution is 5.86. The summed E-state index contributed by atoms with van der Waals surface area (Å²) in [5, 5.41) is 10.2. The Hall–Kier alpha value is -2.93. The minimum absolute atomic E-state index is 0.0582. The third kappa shape index (κ3) is 5.27. The van der Waals surface area contributed by atoms with Gasteiger partial charge in [-0.05, 0) is 29.8 Å². The van der Waals surface area contributed by atoms with E-state index in [1.54, 1.807) is 4.90 Å². The number of hydrogen-bond acceptors (Lipinski definition) is 4. The van der Waals surface area contributed by atoms with Crippen molar-refractivity contribution in [2.75, 3.05) is 26.2 Å². The van der Waals surface area contributed by atoms with Crippen LogP contribution in [0.15, 0.2) is 54.6 Å².